The van der Waals surface area contributed by atoms with Crippen molar-refractivity contribution in [2.45, 2.75) is 26.7 Å². The molecule has 0 spiro atoms. The van der Waals surface area contributed by atoms with Gasteiger partial charge in [-0.3, -0.25) is 4.79 Å². The molecule has 1 heterocycles. The highest BCUT2D eigenvalue weighted by atomic mass is 16.5. The summed E-state index contributed by atoms with van der Waals surface area (Å²) in [6.45, 7) is 5.01. The average molecular weight is 168 g/mol. The van der Waals surface area contributed by atoms with Gasteiger partial charge in [-0.05, 0) is 30.6 Å². The van der Waals surface area contributed by atoms with Crippen molar-refractivity contribution in [2.24, 2.45) is 23.7 Å². The van der Waals surface area contributed by atoms with Crippen LogP contribution in [-0.4, -0.2) is 12.6 Å². The summed E-state index contributed by atoms with van der Waals surface area (Å²) in [7, 11) is 0. The lowest BCUT2D eigenvalue weighted by atomic mass is 9.81. The second-order valence-electron chi connectivity index (χ2n) is 4.35. The Bertz CT molecular complexity index is 200. The van der Waals surface area contributed by atoms with Crippen LogP contribution in [-0.2, 0) is 9.53 Å². The Labute approximate surface area is 73.3 Å². The molecule has 2 nitrogen and oxygen atoms in total. The van der Waals surface area contributed by atoms with E-state index in [0.29, 0.717) is 24.4 Å². The molecular formula is C10H16O2. The van der Waals surface area contributed by atoms with Crippen LogP contribution in [0.2, 0.25) is 0 Å². The summed E-state index contributed by atoms with van der Waals surface area (Å²) in [4.78, 5) is 11.4. The van der Waals surface area contributed by atoms with Crippen LogP contribution in [0.15, 0.2) is 0 Å². The highest BCUT2D eigenvalue weighted by Crippen LogP contribution is 2.44. The summed E-state index contributed by atoms with van der Waals surface area (Å²) < 4.78 is 5.14. The van der Waals surface area contributed by atoms with Crippen LogP contribution in [0, 0.1) is 23.7 Å². The lowest BCUT2D eigenvalue weighted by Gasteiger charge is -2.31. The van der Waals surface area contributed by atoms with Crippen LogP contribution < -0.4 is 0 Å². The van der Waals surface area contributed by atoms with E-state index in [1.54, 1.807) is 0 Å². The molecule has 0 N–H and O–H groups in total. The minimum Gasteiger partial charge on any atom is -0.465 e. The van der Waals surface area contributed by atoms with Crippen molar-refractivity contribution in [3.8, 4) is 0 Å². The first-order valence-electron chi connectivity index (χ1n) is 4.87. The van der Waals surface area contributed by atoms with Gasteiger partial charge < -0.3 is 4.74 Å². The molecule has 1 saturated carbocycles. The van der Waals surface area contributed by atoms with E-state index < -0.39 is 0 Å². The van der Waals surface area contributed by atoms with Crippen LogP contribution in [0.3, 0.4) is 0 Å². The third-order valence-electron chi connectivity index (χ3n) is 3.52. The van der Waals surface area contributed by atoms with Gasteiger partial charge in [-0.15, -0.1) is 0 Å². The summed E-state index contributed by atoms with van der Waals surface area (Å²) in [6.07, 6.45) is 2.43. The summed E-state index contributed by atoms with van der Waals surface area (Å²) in [5.74, 6) is 2.01. The SMILES string of the molecule is C[C@@H]1COC(=O)C2[C@@H](C)CC[C@@H]21. The molecule has 2 fully saturated rings. The molecule has 2 rings (SSSR count). The van der Waals surface area contributed by atoms with Crippen molar-refractivity contribution < 1.29 is 9.53 Å². The molecule has 68 valence electrons. The molecule has 0 radical (unpaired) electrons. The van der Waals surface area contributed by atoms with E-state index in [1.165, 1.54) is 12.8 Å². The number of hydrogen-bond donors (Lipinski definition) is 0. The quantitative estimate of drug-likeness (QED) is 0.516. The van der Waals surface area contributed by atoms with Crippen molar-refractivity contribution in [1.29, 1.82) is 0 Å². The Balaban J connectivity index is 2.18. The number of carbonyl (C=O) groups excluding carboxylic acids is 1. The number of esters is 1. The fraction of sp³-hybridized carbons (Fsp3) is 0.900. The lowest BCUT2D eigenvalue weighted by molar-refractivity contribution is -0.160. The number of hydrogen-bond acceptors (Lipinski definition) is 2. The standard InChI is InChI=1S/C10H16O2/c1-6-3-4-8-7(2)5-12-10(11)9(6)8/h6-9H,3-5H2,1-2H3/t6-,7+,8+,9?/m0/s1. The van der Waals surface area contributed by atoms with E-state index in [9.17, 15) is 4.79 Å². The molecule has 1 aliphatic carbocycles. The number of carbonyl (C=O) groups is 1. The fourth-order valence-electron chi connectivity index (χ4n) is 2.72. The predicted molar refractivity (Wildman–Crippen MR) is 45.5 cm³/mol. The molecule has 1 aliphatic heterocycles. The molecule has 4 atom stereocenters. The average Bonchev–Trinajstić information content (AvgIpc) is 2.42. The predicted octanol–water partition coefficient (Wildman–Crippen LogP) is 1.84. The Morgan fingerprint density at radius 2 is 2.00 bits per heavy atom. The van der Waals surface area contributed by atoms with Gasteiger partial charge in [-0.1, -0.05) is 13.8 Å². The fourth-order valence-corrected chi connectivity index (χ4v) is 2.72. The van der Waals surface area contributed by atoms with Gasteiger partial charge in [-0.25, -0.2) is 0 Å². The second-order valence-corrected chi connectivity index (χ2v) is 4.35. The zero-order chi connectivity index (χ0) is 8.72. The molecule has 0 bridgehead atoms. The zero-order valence-corrected chi connectivity index (χ0v) is 7.75. The van der Waals surface area contributed by atoms with Gasteiger partial charge in [0.1, 0.15) is 0 Å². The monoisotopic (exact) mass is 168 g/mol. The minimum atomic E-state index is 0.0584. The first kappa shape index (κ1) is 8.09. The smallest absolute Gasteiger partial charge is 0.309 e. The van der Waals surface area contributed by atoms with Gasteiger partial charge in [0.2, 0.25) is 0 Å². The van der Waals surface area contributed by atoms with Crippen molar-refractivity contribution in [3.05, 3.63) is 0 Å². The lowest BCUT2D eigenvalue weighted by Crippen LogP contribution is -2.37. The molecule has 0 aromatic heterocycles. The van der Waals surface area contributed by atoms with Gasteiger partial charge in [0.05, 0.1) is 12.5 Å². The molecule has 2 heteroatoms. The zero-order valence-electron chi connectivity index (χ0n) is 7.75. The first-order valence-corrected chi connectivity index (χ1v) is 4.87. The van der Waals surface area contributed by atoms with Crippen molar-refractivity contribution >= 4 is 5.97 Å². The number of ether oxygens (including phenoxy) is 1. The summed E-state index contributed by atoms with van der Waals surface area (Å²) in [5.41, 5.74) is 0. The van der Waals surface area contributed by atoms with E-state index in [0.717, 1.165) is 0 Å². The van der Waals surface area contributed by atoms with Crippen LogP contribution in [0.1, 0.15) is 26.7 Å². The van der Waals surface area contributed by atoms with Crippen LogP contribution >= 0.6 is 0 Å². The summed E-state index contributed by atoms with van der Waals surface area (Å²) >= 11 is 0. The molecule has 0 aromatic rings. The maximum Gasteiger partial charge on any atom is 0.309 e. The van der Waals surface area contributed by atoms with E-state index in [2.05, 4.69) is 13.8 Å². The molecular weight excluding hydrogens is 152 g/mol. The largest absolute Gasteiger partial charge is 0.465 e. The number of cyclic esters (lactones) is 1. The first-order chi connectivity index (χ1) is 5.70. The van der Waals surface area contributed by atoms with Crippen LogP contribution in [0.5, 0.6) is 0 Å². The van der Waals surface area contributed by atoms with E-state index in [4.69, 9.17) is 4.74 Å². The molecule has 2 aliphatic rings. The topological polar surface area (TPSA) is 26.3 Å². The Hall–Kier alpha value is -0.530. The second kappa shape index (κ2) is 2.75. The van der Waals surface area contributed by atoms with Gasteiger partial charge in [0.15, 0.2) is 0 Å². The summed E-state index contributed by atoms with van der Waals surface area (Å²) in [6, 6.07) is 0. The van der Waals surface area contributed by atoms with Crippen molar-refractivity contribution in [2.75, 3.05) is 6.61 Å². The molecule has 0 amide bonds. The van der Waals surface area contributed by atoms with Crippen LogP contribution in [0.4, 0.5) is 0 Å². The number of fused-ring (bicyclic) bond motifs is 1. The maximum absolute atomic E-state index is 11.4. The van der Waals surface area contributed by atoms with Gasteiger partial charge in [-0.2, -0.15) is 0 Å². The Morgan fingerprint density at radius 3 is 2.67 bits per heavy atom. The van der Waals surface area contributed by atoms with E-state index in [1.807, 2.05) is 0 Å². The molecule has 1 saturated heterocycles. The Kier molecular flexibility index (Phi) is 1.85. The molecule has 0 aromatic carbocycles. The normalized spacial score (nSPS) is 47.0. The third kappa shape index (κ3) is 1.05. The van der Waals surface area contributed by atoms with Gasteiger partial charge >= 0.3 is 5.97 Å². The maximum atomic E-state index is 11.4. The van der Waals surface area contributed by atoms with E-state index in [-0.39, 0.29) is 11.9 Å². The van der Waals surface area contributed by atoms with Gasteiger partial charge in [0, 0.05) is 0 Å². The van der Waals surface area contributed by atoms with Crippen molar-refractivity contribution in [1.82, 2.24) is 0 Å². The molecule has 12 heavy (non-hydrogen) atoms. The highest BCUT2D eigenvalue weighted by molar-refractivity contribution is 5.74. The molecule has 1 unspecified atom stereocenters. The van der Waals surface area contributed by atoms with Gasteiger partial charge in [0.25, 0.3) is 0 Å². The summed E-state index contributed by atoms with van der Waals surface area (Å²) in [5, 5.41) is 0. The third-order valence-corrected chi connectivity index (χ3v) is 3.52. The van der Waals surface area contributed by atoms with Crippen LogP contribution in [0.25, 0.3) is 0 Å². The Morgan fingerprint density at radius 1 is 1.25 bits per heavy atom. The van der Waals surface area contributed by atoms with Crippen molar-refractivity contribution in [3.63, 3.8) is 0 Å². The minimum absolute atomic E-state index is 0.0584. The van der Waals surface area contributed by atoms with E-state index >= 15 is 0 Å². The highest BCUT2D eigenvalue weighted by Gasteiger charge is 2.45. The number of rotatable bonds is 0.